The number of esters is 1. The lowest BCUT2D eigenvalue weighted by Gasteiger charge is -2.18. The third-order valence-corrected chi connectivity index (χ3v) is 9.38. The van der Waals surface area contributed by atoms with Crippen LogP contribution in [-0.4, -0.2) is 64.9 Å². The minimum absolute atomic E-state index is 0.141. The van der Waals surface area contributed by atoms with Crippen molar-refractivity contribution in [2.75, 3.05) is 19.8 Å². The molecule has 0 saturated heterocycles. The van der Waals surface area contributed by atoms with E-state index in [1.807, 2.05) is 0 Å². The molecule has 52 heavy (non-hydrogen) atoms. The summed E-state index contributed by atoms with van der Waals surface area (Å²) in [5.41, 5.74) is 0. The largest absolute Gasteiger partial charge is 0.480 e. The molecular weight excluding hydrogens is 685 g/mol. The van der Waals surface area contributed by atoms with Crippen LogP contribution in [0.5, 0.6) is 0 Å². The highest BCUT2D eigenvalue weighted by atomic mass is 31.2. The maximum Gasteiger partial charge on any atom is 0.472 e. The Morgan fingerprint density at radius 1 is 0.615 bits per heavy atom. The topological polar surface area (TPSA) is 169 Å². The molecule has 0 aromatic carbocycles. The number of phosphoric ester groups is 1. The van der Waals surface area contributed by atoms with Crippen LogP contribution in [0.25, 0.3) is 0 Å². The van der Waals surface area contributed by atoms with E-state index in [1.165, 1.54) is 64.2 Å². The van der Waals surface area contributed by atoms with E-state index in [9.17, 15) is 34.1 Å². The second kappa shape index (κ2) is 35.7. The van der Waals surface area contributed by atoms with Crippen LogP contribution in [0, 0.1) is 0 Å². The molecule has 302 valence electrons. The Bertz CT molecular complexity index is 1030. The van der Waals surface area contributed by atoms with Crippen molar-refractivity contribution in [1.29, 1.82) is 0 Å². The van der Waals surface area contributed by atoms with Crippen LogP contribution in [0.3, 0.4) is 0 Å². The summed E-state index contributed by atoms with van der Waals surface area (Å²) in [6.45, 7) is 2.42. The molecule has 3 unspecified atom stereocenters. The van der Waals surface area contributed by atoms with Crippen molar-refractivity contribution in [3.63, 3.8) is 0 Å². The predicted molar refractivity (Wildman–Crippen MR) is 208 cm³/mol. The average Bonchev–Trinajstić information content (AvgIpc) is 3.11. The van der Waals surface area contributed by atoms with Gasteiger partial charge in [-0.1, -0.05) is 140 Å². The van der Waals surface area contributed by atoms with Crippen LogP contribution in [0.2, 0.25) is 0 Å². The number of ether oxygens (including phenoxy) is 1. The highest BCUT2D eigenvalue weighted by molar-refractivity contribution is 7.47. The molecule has 0 aliphatic rings. The van der Waals surface area contributed by atoms with Gasteiger partial charge in [-0.15, -0.1) is 0 Å². The van der Waals surface area contributed by atoms with Gasteiger partial charge in [0.1, 0.15) is 12.7 Å². The van der Waals surface area contributed by atoms with E-state index >= 15 is 0 Å². The Hall–Kier alpha value is -2.30. The van der Waals surface area contributed by atoms with Gasteiger partial charge in [-0.2, -0.15) is 0 Å². The maximum atomic E-state index is 12.1. The van der Waals surface area contributed by atoms with E-state index in [0.717, 1.165) is 64.2 Å². The Morgan fingerprint density at radius 3 is 1.62 bits per heavy atom. The molecule has 0 bridgehead atoms. The first kappa shape index (κ1) is 49.7. The molecule has 4 N–H and O–H groups in total. The molecule has 0 fully saturated rings. The average molecular weight is 758 g/mol. The van der Waals surface area contributed by atoms with E-state index in [-0.39, 0.29) is 12.8 Å². The normalized spacial score (nSPS) is 14.2. The van der Waals surface area contributed by atoms with Gasteiger partial charge in [-0.05, 0) is 51.4 Å². The van der Waals surface area contributed by atoms with Gasteiger partial charge in [-0.25, -0.2) is 9.36 Å². The van der Waals surface area contributed by atoms with Crippen molar-refractivity contribution in [3.05, 3.63) is 36.5 Å². The highest BCUT2D eigenvalue weighted by Gasteiger charge is 2.28. The quantitative estimate of drug-likeness (QED) is 0.0207. The summed E-state index contributed by atoms with van der Waals surface area (Å²) in [5.74, 6) is -2.40. The number of carbonyl (C=O) groups is 3. The SMILES string of the molecule is CCCCC/C=C\C/C=C\C/C=C\CCCCCCCCCCCCC(=O)OCC(O)COP(=O)(O)OCC(NC(=O)CCCCCCC)C(=O)O. The number of carboxylic acid groups (broad SMARTS) is 1. The zero-order valence-electron chi connectivity index (χ0n) is 32.4. The van der Waals surface area contributed by atoms with E-state index in [1.54, 1.807) is 0 Å². The molecule has 0 aromatic rings. The van der Waals surface area contributed by atoms with Crippen molar-refractivity contribution >= 4 is 25.7 Å². The fraction of sp³-hybridized carbons (Fsp3) is 0.775. The third kappa shape index (κ3) is 34.8. The van der Waals surface area contributed by atoms with Crippen LogP contribution >= 0.6 is 7.82 Å². The van der Waals surface area contributed by atoms with E-state index in [4.69, 9.17) is 13.8 Å². The number of unbranched alkanes of at least 4 members (excludes halogenated alkanes) is 17. The molecule has 0 rings (SSSR count). The van der Waals surface area contributed by atoms with Gasteiger partial charge in [0.25, 0.3) is 0 Å². The Labute approximate surface area is 314 Å². The molecule has 0 radical (unpaired) electrons. The van der Waals surface area contributed by atoms with Crippen molar-refractivity contribution < 1.29 is 47.8 Å². The minimum atomic E-state index is -4.74. The number of hydrogen-bond acceptors (Lipinski definition) is 8. The number of amides is 1. The minimum Gasteiger partial charge on any atom is -0.480 e. The number of phosphoric acid groups is 1. The molecular formula is C40H72NO10P. The van der Waals surface area contributed by atoms with Crippen molar-refractivity contribution in [2.24, 2.45) is 0 Å². The third-order valence-electron chi connectivity index (χ3n) is 8.43. The molecule has 1 amide bonds. The lowest BCUT2D eigenvalue weighted by molar-refractivity contribution is -0.147. The molecule has 0 saturated carbocycles. The Kier molecular flexibility index (Phi) is 34.1. The Balaban J connectivity index is 3.78. The van der Waals surface area contributed by atoms with Crippen LogP contribution in [0.15, 0.2) is 36.5 Å². The number of allylic oxidation sites excluding steroid dienone is 6. The number of carbonyl (C=O) groups excluding carboxylic acids is 2. The van der Waals surface area contributed by atoms with Gasteiger partial charge in [0.05, 0.1) is 13.2 Å². The van der Waals surface area contributed by atoms with Gasteiger partial charge >= 0.3 is 19.8 Å². The fourth-order valence-electron chi connectivity index (χ4n) is 5.26. The second-order valence-corrected chi connectivity index (χ2v) is 14.9. The number of carboxylic acids is 1. The number of hydrogen-bond donors (Lipinski definition) is 4. The number of aliphatic carboxylic acids is 1. The van der Waals surface area contributed by atoms with Gasteiger partial charge in [0, 0.05) is 12.8 Å². The smallest absolute Gasteiger partial charge is 0.472 e. The van der Waals surface area contributed by atoms with Crippen LogP contribution in [0.4, 0.5) is 0 Å². The van der Waals surface area contributed by atoms with Gasteiger partial charge < -0.3 is 25.2 Å². The van der Waals surface area contributed by atoms with Crippen LogP contribution < -0.4 is 5.32 Å². The number of aliphatic hydroxyl groups excluding tert-OH is 1. The van der Waals surface area contributed by atoms with E-state index in [0.29, 0.717) is 12.8 Å². The van der Waals surface area contributed by atoms with E-state index < -0.39 is 57.6 Å². The summed E-state index contributed by atoms with van der Waals surface area (Å²) >= 11 is 0. The summed E-state index contributed by atoms with van der Waals surface area (Å²) in [5, 5.41) is 21.6. The van der Waals surface area contributed by atoms with Crippen LogP contribution in [-0.2, 0) is 32.7 Å². The van der Waals surface area contributed by atoms with Gasteiger partial charge in [-0.3, -0.25) is 18.6 Å². The summed E-state index contributed by atoms with van der Waals surface area (Å²) in [4.78, 5) is 45.3. The van der Waals surface area contributed by atoms with Crippen molar-refractivity contribution in [2.45, 2.75) is 180 Å². The fourth-order valence-corrected chi connectivity index (χ4v) is 6.03. The van der Waals surface area contributed by atoms with Crippen molar-refractivity contribution in [3.8, 4) is 0 Å². The first-order valence-electron chi connectivity index (χ1n) is 20.0. The predicted octanol–water partition coefficient (Wildman–Crippen LogP) is 9.66. The highest BCUT2D eigenvalue weighted by Crippen LogP contribution is 2.43. The monoisotopic (exact) mass is 757 g/mol. The molecule has 0 spiro atoms. The first-order valence-corrected chi connectivity index (χ1v) is 21.5. The van der Waals surface area contributed by atoms with Crippen molar-refractivity contribution in [1.82, 2.24) is 5.32 Å². The number of rotatable bonds is 37. The molecule has 11 nitrogen and oxygen atoms in total. The van der Waals surface area contributed by atoms with Gasteiger partial charge in [0.15, 0.2) is 6.04 Å². The molecule has 0 aliphatic carbocycles. The lowest BCUT2D eigenvalue weighted by Crippen LogP contribution is -2.43. The summed E-state index contributed by atoms with van der Waals surface area (Å²) in [6.07, 6.45) is 36.7. The zero-order chi connectivity index (χ0) is 38.5. The summed E-state index contributed by atoms with van der Waals surface area (Å²) < 4.78 is 26.6. The summed E-state index contributed by atoms with van der Waals surface area (Å²) in [7, 11) is -4.74. The standard InChI is InChI=1S/C40H72NO10P/c1-3-5-7-9-10-11-12-13-14-15-16-17-18-19-20-21-22-23-24-25-26-28-30-32-39(44)49-33-36(42)34-50-52(47,48)51-35-37(40(45)46)41-38(43)31-29-27-8-6-4-2/h10-11,13-14,16-17,36-37,42H,3-9,12,15,18-35H2,1-2H3,(H,41,43)(H,45,46)(H,47,48)/b11-10-,14-13-,17-16-. The summed E-state index contributed by atoms with van der Waals surface area (Å²) in [6, 6.07) is -1.54. The lowest BCUT2D eigenvalue weighted by atomic mass is 10.1. The van der Waals surface area contributed by atoms with Crippen LogP contribution in [0.1, 0.15) is 168 Å². The second-order valence-electron chi connectivity index (χ2n) is 13.5. The number of aliphatic hydroxyl groups is 1. The van der Waals surface area contributed by atoms with Gasteiger partial charge in [0.2, 0.25) is 5.91 Å². The Morgan fingerprint density at radius 2 is 1.06 bits per heavy atom. The molecule has 0 aliphatic heterocycles. The van der Waals surface area contributed by atoms with E-state index in [2.05, 4.69) is 55.6 Å². The first-order chi connectivity index (χ1) is 25.1. The molecule has 3 atom stereocenters. The molecule has 12 heteroatoms. The zero-order valence-corrected chi connectivity index (χ0v) is 33.3. The number of nitrogens with one attached hydrogen (secondary N) is 1. The molecule has 0 heterocycles. The molecule has 0 aromatic heterocycles. The maximum absolute atomic E-state index is 12.1.